The molecule has 1 aromatic heterocycles. The molecule has 0 fully saturated rings. The van der Waals surface area contributed by atoms with Gasteiger partial charge in [-0.1, -0.05) is 71.2 Å². The number of anilines is 4. The summed E-state index contributed by atoms with van der Waals surface area (Å²) < 4.78 is 5.40. The fourth-order valence-electron chi connectivity index (χ4n) is 3.27. The quantitative estimate of drug-likeness (QED) is 0.236. The summed E-state index contributed by atoms with van der Waals surface area (Å²) >= 11 is 6.02. The standard InChI is InChI=1S/C24H23ClN4O.C3H8.C2H6.2CH2O/c1-3-6-16-15-19(30-2)13-14-20(16)27-24-23(26-18-11-9-17(25)10-12-18)28-21-7-4-5-8-22(21)29-24;1-3-2;3*1-2/h4-5,7-15H,3,6H2,1-2H3,(H,26,28)(H,27,29);3H2,1-2H3;1-2H3;2*1H2. The number of carbonyl (C=O) groups excluding carboxylic acids is 2. The molecule has 8 heteroatoms. The Balaban J connectivity index is 0.00000145. The second-order valence-electron chi connectivity index (χ2n) is 7.65. The van der Waals surface area contributed by atoms with Crippen LogP contribution in [0.15, 0.2) is 66.7 Å². The lowest BCUT2D eigenvalue weighted by molar-refractivity contribution is -0.0987. The first-order valence-corrected chi connectivity index (χ1v) is 13.3. The number of hydrogen-bond donors (Lipinski definition) is 2. The largest absolute Gasteiger partial charge is 0.497 e. The molecule has 0 atom stereocenters. The van der Waals surface area contributed by atoms with E-state index in [1.165, 1.54) is 12.0 Å². The third-order valence-corrected chi connectivity index (χ3v) is 5.01. The zero-order chi connectivity index (χ0) is 29.6. The summed E-state index contributed by atoms with van der Waals surface area (Å²) in [6.07, 6.45) is 3.21. The number of methoxy groups -OCH3 is 1. The summed E-state index contributed by atoms with van der Waals surface area (Å²) in [7, 11) is 1.68. The van der Waals surface area contributed by atoms with Crippen molar-refractivity contribution in [3.8, 4) is 5.75 Å². The highest BCUT2D eigenvalue weighted by Gasteiger charge is 2.12. The zero-order valence-electron chi connectivity index (χ0n) is 23.9. The summed E-state index contributed by atoms with van der Waals surface area (Å²) in [5.74, 6) is 2.15. The highest BCUT2D eigenvalue weighted by molar-refractivity contribution is 6.30. The van der Waals surface area contributed by atoms with Crippen LogP contribution in [0.5, 0.6) is 5.75 Å². The normalized spacial score (nSPS) is 9.10. The number of nitrogens with one attached hydrogen (secondary N) is 2. The van der Waals surface area contributed by atoms with E-state index in [1.54, 1.807) is 7.11 Å². The smallest absolute Gasteiger partial charge is 0.174 e. The van der Waals surface area contributed by atoms with Gasteiger partial charge in [-0.15, -0.1) is 0 Å². The molecule has 7 nitrogen and oxygen atoms in total. The average Bonchev–Trinajstić information content (AvgIpc) is 2.99. The predicted octanol–water partition coefficient (Wildman–Crippen LogP) is 8.80. The van der Waals surface area contributed by atoms with Crippen molar-refractivity contribution < 1.29 is 14.3 Å². The molecular weight excluding hydrogens is 512 g/mol. The van der Waals surface area contributed by atoms with Gasteiger partial charge in [0.05, 0.1) is 18.1 Å². The monoisotopic (exact) mass is 552 g/mol. The number of halogens is 1. The van der Waals surface area contributed by atoms with Crippen molar-refractivity contribution in [2.45, 2.75) is 53.9 Å². The number of carbonyl (C=O) groups is 2. The van der Waals surface area contributed by atoms with Gasteiger partial charge in [-0.2, -0.15) is 0 Å². The van der Waals surface area contributed by atoms with E-state index in [9.17, 15) is 0 Å². The molecular formula is C31H41ClN4O3. The van der Waals surface area contributed by atoms with Crippen LogP contribution in [0.3, 0.4) is 0 Å². The summed E-state index contributed by atoms with van der Waals surface area (Å²) in [4.78, 5) is 25.6. The van der Waals surface area contributed by atoms with Gasteiger partial charge in [-0.25, -0.2) is 9.97 Å². The lowest BCUT2D eigenvalue weighted by Gasteiger charge is -2.16. The lowest BCUT2D eigenvalue weighted by atomic mass is 10.1. The minimum Gasteiger partial charge on any atom is -0.497 e. The summed E-state index contributed by atoms with van der Waals surface area (Å²) in [6.45, 7) is 14.4. The van der Waals surface area contributed by atoms with Gasteiger partial charge in [-0.05, 0) is 66.6 Å². The fourth-order valence-corrected chi connectivity index (χ4v) is 3.39. The third-order valence-electron chi connectivity index (χ3n) is 4.76. The maximum atomic E-state index is 8.00. The van der Waals surface area contributed by atoms with Crippen LogP contribution in [0.25, 0.3) is 11.0 Å². The first-order valence-electron chi connectivity index (χ1n) is 12.9. The van der Waals surface area contributed by atoms with Crippen LogP contribution in [0.4, 0.5) is 23.0 Å². The molecule has 0 bridgehead atoms. The molecule has 39 heavy (non-hydrogen) atoms. The van der Waals surface area contributed by atoms with Gasteiger partial charge in [0.2, 0.25) is 0 Å². The number of rotatable bonds is 7. The number of nitrogens with zero attached hydrogens (tertiary/aromatic N) is 2. The van der Waals surface area contributed by atoms with Gasteiger partial charge in [0.15, 0.2) is 11.6 Å². The van der Waals surface area contributed by atoms with Crippen molar-refractivity contribution >= 4 is 59.2 Å². The fraction of sp³-hybridized carbons (Fsp3) is 0.290. The Kier molecular flexibility index (Phi) is 18.9. The van der Waals surface area contributed by atoms with E-state index in [-0.39, 0.29) is 0 Å². The van der Waals surface area contributed by atoms with E-state index < -0.39 is 0 Å². The van der Waals surface area contributed by atoms with Gasteiger partial charge in [0, 0.05) is 16.4 Å². The number of benzene rings is 3. The van der Waals surface area contributed by atoms with Gasteiger partial charge in [0.25, 0.3) is 0 Å². The van der Waals surface area contributed by atoms with Crippen molar-refractivity contribution in [3.05, 3.63) is 77.3 Å². The molecule has 210 valence electrons. The molecule has 3 aromatic carbocycles. The van der Waals surface area contributed by atoms with E-state index in [2.05, 4.69) is 37.5 Å². The summed E-state index contributed by atoms with van der Waals surface area (Å²) in [6, 6.07) is 21.4. The molecule has 4 aromatic rings. The molecule has 0 aliphatic carbocycles. The number of ether oxygens (including phenoxy) is 1. The van der Waals surface area contributed by atoms with Crippen LogP contribution >= 0.6 is 11.6 Å². The van der Waals surface area contributed by atoms with E-state index in [0.29, 0.717) is 16.7 Å². The second-order valence-corrected chi connectivity index (χ2v) is 8.08. The Morgan fingerprint density at radius 2 is 1.31 bits per heavy atom. The van der Waals surface area contributed by atoms with E-state index >= 15 is 0 Å². The number of aryl methyl sites for hydroxylation is 1. The van der Waals surface area contributed by atoms with Crippen LogP contribution in [0.1, 0.15) is 53.0 Å². The zero-order valence-corrected chi connectivity index (χ0v) is 24.6. The number of hydrogen-bond acceptors (Lipinski definition) is 7. The second kappa shape index (κ2) is 21.0. The Morgan fingerprint density at radius 3 is 1.79 bits per heavy atom. The molecule has 0 spiro atoms. The molecule has 0 saturated heterocycles. The van der Waals surface area contributed by atoms with Gasteiger partial charge in [0.1, 0.15) is 19.3 Å². The molecule has 2 N–H and O–H groups in total. The van der Waals surface area contributed by atoms with E-state index in [1.807, 2.05) is 88.1 Å². The van der Waals surface area contributed by atoms with Crippen molar-refractivity contribution in [2.75, 3.05) is 17.7 Å². The van der Waals surface area contributed by atoms with Crippen molar-refractivity contribution in [3.63, 3.8) is 0 Å². The molecule has 0 unspecified atom stereocenters. The van der Waals surface area contributed by atoms with Crippen LogP contribution < -0.4 is 15.4 Å². The maximum Gasteiger partial charge on any atom is 0.174 e. The Morgan fingerprint density at radius 1 is 0.795 bits per heavy atom. The van der Waals surface area contributed by atoms with Crippen LogP contribution in [-0.4, -0.2) is 30.7 Å². The van der Waals surface area contributed by atoms with E-state index in [4.69, 9.17) is 35.9 Å². The molecule has 0 radical (unpaired) electrons. The predicted molar refractivity (Wildman–Crippen MR) is 166 cm³/mol. The third kappa shape index (κ3) is 11.5. The Hall–Kier alpha value is -3.97. The maximum absolute atomic E-state index is 8.00. The highest BCUT2D eigenvalue weighted by atomic mass is 35.5. The first kappa shape index (κ1) is 35.0. The number of aromatic nitrogens is 2. The van der Waals surface area contributed by atoms with Gasteiger partial charge in [-0.3, -0.25) is 0 Å². The highest BCUT2D eigenvalue weighted by Crippen LogP contribution is 2.31. The molecule has 0 aliphatic heterocycles. The van der Waals surface area contributed by atoms with Crippen LogP contribution in [0, 0.1) is 0 Å². The summed E-state index contributed by atoms with van der Waals surface area (Å²) in [5, 5.41) is 7.54. The molecule has 0 saturated carbocycles. The minimum atomic E-state index is 0.647. The number of para-hydroxylation sites is 2. The van der Waals surface area contributed by atoms with Crippen LogP contribution in [-0.2, 0) is 16.0 Å². The first-order chi connectivity index (χ1) is 19.1. The summed E-state index contributed by atoms with van der Waals surface area (Å²) in [5.41, 5.74) is 4.69. The lowest BCUT2D eigenvalue weighted by Crippen LogP contribution is -2.05. The Labute approximate surface area is 238 Å². The van der Waals surface area contributed by atoms with Gasteiger partial charge >= 0.3 is 0 Å². The van der Waals surface area contributed by atoms with Crippen molar-refractivity contribution in [1.29, 1.82) is 0 Å². The average molecular weight is 553 g/mol. The topological polar surface area (TPSA) is 93.2 Å². The van der Waals surface area contributed by atoms with Crippen molar-refractivity contribution in [1.82, 2.24) is 9.97 Å². The Bertz CT molecular complexity index is 1220. The molecule has 0 amide bonds. The van der Waals surface area contributed by atoms with Gasteiger partial charge < -0.3 is 25.0 Å². The van der Waals surface area contributed by atoms with E-state index in [0.717, 1.165) is 41.0 Å². The molecule has 0 aliphatic rings. The molecule has 1 heterocycles. The minimum absolute atomic E-state index is 0.647. The van der Waals surface area contributed by atoms with Crippen molar-refractivity contribution in [2.24, 2.45) is 0 Å². The SMILES string of the molecule is C=O.C=O.CC.CCC.CCCc1cc(OC)ccc1Nc1nc2ccccc2nc1Nc1ccc(Cl)cc1. The molecule has 4 rings (SSSR count). The van der Waals surface area contributed by atoms with Crippen LogP contribution in [0.2, 0.25) is 5.02 Å². The number of fused-ring (bicyclic) bond motifs is 1.